The van der Waals surface area contributed by atoms with E-state index < -0.39 is 0 Å². The second kappa shape index (κ2) is 6.96. The molecule has 7 heteroatoms. The number of hydrogen-bond acceptors (Lipinski definition) is 5. The summed E-state index contributed by atoms with van der Waals surface area (Å²) < 4.78 is 11.7. The molecule has 25 heavy (non-hydrogen) atoms. The third kappa shape index (κ3) is 3.40. The predicted octanol–water partition coefficient (Wildman–Crippen LogP) is 2.72. The lowest BCUT2D eigenvalue weighted by molar-refractivity contribution is 0.102. The molecule has 0 aliphatic rings. The van der Waals surface area contributed by atoms with Gasteiger partial charge in [-0.05, 0) is 48.5 Å². The zero-order valence-electron chi connectivity index (χ0n) is 13.9. The Labute approximate surface area is 145 Å². The highest BCUT2D eigenvalue weighted by Gasteiger charge is 2.16. The number of nitrogen functional groups attached to an aromatic ring is 1. The fraction of sp³-hybridized carbons (Fsp3) is 0.111. The molecule has 0 saturated carbocycles. The van der Waals surface area contributed by atoms with Crippen molar-refractivity contribution < 1.29 is 14.3 Å². The minimum Gasteiger partial charge on any atom is -0.497 e. The van der Waals surface area contributed by atoms with Crippen LogP contribution in [0.2, 0.25) is 0 Å². The maximum Gasteiger partial charge on any atom is 0.261 e. The van der Waals surface area contributed by atoms with Crippen molar-refractivity contribution in [2.45, 2.75) is 0 Å². The van der Waals surface area contributed by atoms with E-state index in [1.165, 1.54) is 10.9 Å². The number of hydrogen-bond donors (Lipinski definition) is 2. The molecule has 0 atom stereocenters. The molecule has 1 heterocycles. The Hall–Kier alpha value is -3.48. The van der Waals surface area contributed by atoms with E-state index in [2.05, 4.69) is 10.4 Å². The number of nitrogens with zero attached hydrogens (tertiary/aromatic N) is 2. The number of nitrogens with one attached hydrogen (secondary N) is 1. The number of amides is 1. The summed E-state index contributed by atoms with van der Waals surface area (Å²) in [6, 6.07) is 14.3. The molecule has 3 N–H and O–H groups in total. The molecule has 0 radical (unpaired) electrons. The van der Waals surface area contributed by atoms with E-state index in [9.17, 15) is 4.79 Å². The van der Waals surface area contributed by atoms with Crippen LogP contribution in [0.5, 0.6) is 11.5 Å². The molecule has 2 aromatic carbocycles. The van der Waals surface area contributed by atoms with Gasteiger partial charge in [0, 0.05) is 5.69 Å². The van der Waals surface area contributed by atoms with Crippen molar-refractivity contribution in [2.24, 2.45) is 0 Å². The highest BCUT2D eigenvalue weighted by molar-refractivity contribution is 6.07. The molecule has 3 aromatic rings. The van der Waals surface area contributed by atoms with Crippen LogP contribution < -0.4 is 20.5 Å². The number of anilines is 2. The van der Waals surface area contributed by atoms with E-state index in [1.807, 2.05) is 12.1 Å². The summed E-state index contributed by atoms with van der Waals surface area (Å²) in [6.07, 6.45) is 1.44. The minimum absolute atomic E-state index is 0.260. The van der Waals surface area contributed by atoms with Gasteiger partial charge in [-0.1, -0.05) is 0 Å². The van der Waals surface area contributed by atoms with Crippen molar-refractivity contribution in [3.63, 3.8) is 0 Å². The highest BCUT2D eigenvalue weighted by atomic mass is 16.5. The average molecular weight is 338 g/mol. The predicted molar refractivity (Wildman–Crippen MR) is 95.5 cm³/mol. The first-order chi connectivity index (χ1) is 12.1. The van der Waals surface area contributed by atoms with Crippen molar-refractivity contribution in [3.8, 4) is 17.2 Å². The summed E-state index contributed by atoms with van der Waals surface area (Å²) in [5.74, 6) is 1.37. The van der Waals surface area contributed by atoms with Gasteiger partial charge >= 0.3 is 0 Å². The number of nitrogens with two attached hydrogens (primary N) is 1. The number of aromatic nitrogens is 2. The molecule has 3 rings (SSSR count). The van der Waals surface area contributed by atoms with E-state index in [0.717, 1.165) is 11.4 Å². The van der Waals surface area contributed by atoms with Crippen LogP contribution in [0.25, 0.3) is 5.69 Å². The number of rotatable bonds is 5. The molecule has 0 fully saturated rings. The van der Waals surface area contributed by atoms with Gasteiger partial charge in [-0.25, -0.2) is 4.68 Å². The normalized spacial score (nSPS) is 10.3. The van der Waals surface area contributed by atoms with Crippen LogP contribution in [0.1, 0.15) is 10.4 Å². The Morgan fingerprint density at radius 2 is 1.56 bits per heavy atom. The average Bonchev–Trinajstić information content (AvgIpc) is 3.04. The lowest BCUT2D eigenvalue weighted by Gasteiger charge is -2.07. The number of ether oxygens (including phenoxy) is 2. The van der Waals surface area contributed by atoms with E-state index in [4.69, 9.17) is 15.2 Å². The van der Waals surface area contributed by atoms with Gasteiger partial charge in [0.05, 0.1) is 26.1 Å². The lowest BCUT2D eigenvalue weighted by Crippen LogP contribution is -2.14. The standard InChI is InChI=1S/C18H18N4O3/c1-24-14-7-3-12(4-8-14)21-18(23)16-11-20-22(17(16)19)13-5-9-15(25-2)10-6-13/h3-11H,19H2,1-2H3,(H,21,23). The third-order valence-corrected chi connectivity index (χ3v) is 3.72. The molecule has 7 nitrogen and oxygen atoms in total. The number of benzene rings is 2. The van der Waals surface area contributed by atoms with Crippen LogP contribution in [-0.4, -0.2) is 29.9 Å². The Bertz CT molecular complexity index is 870. The Morgan fingerprint density at radius 3 is 2.12 bits per heavy atom. The number of carbonyl (C=O) groups is 1. The van der Waals surface area contributed by atoms with Crippen molar-refractivity contribution in [1.29, 1.82) is 0 Å². The van der Waals surface area contributed by atoms with E-state index >= 15 is 0 Å². The molecule has 1 aromatic heterocycles. The molecule has 0 aliphatic heterocycles. The first-order valence-electron chi connectivity index (χ1n) is 7.55. The summed E-state index contributed by atoms with van der Waals surface area (Å²) in [6.45, 7) is 0. The molecule has 0 unspecified atom stereocenters. The van der Waals surface area contributed by atoms with Crippen LogP contribution in [0.4, 0.5) is 11.5 Å². The molecule has 128 valence electrons. The second-order valence-corrected chi connectivity index (χ2v) is 5.24. The lowest BCUT2D eigenvalue weighted by atomic mass is 10.2. The van der Waals surface area contributed by atoms with Crippen LogP contribution in [0, 0.1) is 0 Å². The smallest absolute Gasteiger partial charge is 0.261 e. The SMILES string of the molecule is COc1ccc(NC(=O)c2cnn(-c3ccc(OC)cc3)c2N)cc1. The van der Waals surface area contributed by atoms with Gasteiger partial charge in [-0.2, -0.15) is 5.10 Å². The maximum atomic E-state index is 12.4. The number of methoxy groups -OCH3 is 2. The monoisotopic (exact) mass is 338 g/mol. The quantitative estimate of drug-likeness (QED) is 0.746. The molecule has 0 aliphatic carbocycles. The molecular formula is C18H18N4O3. The van der Waals surface area contributed by atoms with E-state index in [1.54, 1.807) is 50.6 Å². The van der Waals surface area contributed by atoms with Gasteiger partial charge in [0.25, 0.3) is 5.91 Å². The number of carbonyl (C=O) groups excluding carboxylic acids is 1. The topological polar surface area (TPSA) is 91.4 Å². The summed E-state index contributed by atoms with van der Waals surface area (Å²) in [7, 11) is 3.18. The van der Waals surface area contributed by atoms with E-state index in [-0.39, 0.29) is 11.7 Å². The molecular weight excluding hydrogens is 320 g/mol. The van der Waals surface area contributed by atoms with Gasteiger partial charge in [-0.3, -0.25) is 4.79 Å². The second-order valence-electron chi connectivity index (χ2n) is 5.24. The molecule has 1 amide bonds. The highest BCUT2D eigenvalue weighted by Crippen LogP contribution is 2.21. The first-order valence-corrected chi connectivity index (χ1v) is 7.55. The fourth-order valence-electron chi connectivity index (χ4n) is 2.33. The molecule has 0 bridgehead atoms. The van der Waals surface area contributed by atoms with Crippen LogP contribution in [0.15, 0.2) is 54.7 Å². The Morgan fingerprint density at radius 1 is 1.00 bits per heavy atom. The van der Waals surface area contributed by atoms with Gasteiger partial charge in [0.15, 0.2) is 0 Å². The van der Waals surface area contributed by atoms with Crippen molar-refractivity contribution in [3.05, 3.63) is 60.3 Å². The van der Waals surface area contributed by atoms with Crippen LogP contribution in [-0.2, 0) is 0 Å². The summed E-state index contributed by atoms with van der Waals surface area (Å²) in [4.78, 5) is 12.4. The maximum absolute atomic E-state index is 12.4. The van der Waals surface area contributed by atoms with Gasteiger partial charge in [-0.15, -0.1) is 0 Å². The minimum atomic E-state index is -0.331. The Kier molecular flexibility index (Phi) is 4.56. The third-order valence-electron chi connectivity index (χ3n) is 3.72. The van der Waals surface area contributed by atoms with E-state index in [0.29, 0.717) is 17.0 Å². The van der Waals surface area contributed by atoms with Gasteiger partial charge < -0.3 is 20.5 Å². The zero-order chi connectivity index (χ0) is 17.8. The largest absolute Gasteiger partial charge is 0.497 e. The summed E-state index contributed by atoms with van der Waals surface area (Å²) >= 11 is 0. The first kappa shape index (κ1) is 16.4. The molecule has 0 saturated heterocycles. The fourth-order valence-corrected chi connectivity index (χ4v) is 2.33. The molecule has 0 spiro atoms. The van der Waals surface area contributed by atoms with Crippen molar-refractivity contribution >= 4 is 17.4 Å². The van der Waals surface area contributed by atoms with Crippen molar-refractivity contribution in [1.82, 2.24) is 9.78 Å². The van der Waals surface area contributed by atoms with Crippen molar-refractivity contribution in [2.75, 3.05) is 25.3 Å². The Balaban J connectivity index is 1.80. The van der Waals surface area contributed by atoms with Crippen LogP contribution in [0.3, 0.4) is 0 Å². The summed E-state index contributed by atoms with van der Waals surface area (Å²) in [5.41, 5.74) is 7.77. The zero-order valence-corrected chi connectivity index (χ0v) is 13.9. The van der Waals surface area contributed by atoms with Crippen LogP contribution >= 0.6 is 0 Å². The van der Waals surface area contributed by atoms with Gasteiger partial charge in [0.2, 0.25) is 0 Å². The van der Waals surface area contributed by atoms with Gasteiger partial charge in [0.1, 0.15) is 22.9 Å². The summed E-state index contributed by atoms with van der Waals surface area (Å²) in [5, 5.41) is 6.99.